The highest BCUT2D eigenvalue weighted by molar-refractivity contribution is 5.87. The molecule has 1 aliphatic rings. The quantitative estimate of drug-likeness (QED) is 0.906. The molecule has 23 heavy (non-hydrogen) atoms. The summed E-state index contributed by atoms with van der Waals surface area (Å²) in [7, 11) is 0. The lowest BCUT2D eigenvalue weighted by Crippen LogP contribution is -2.48. The van der Waals surface area contributed by atoms with E-state index < -0.39 is 17.4 Å². The molecule has 0 aliphatic carbocycles. The summed E-state index contributed by atoms with van der Waals surface area (Å²) in [4.78, 5) is 25.5. The summed E-state index contributed by atoms with van der Waals surface area (Å²) < 4.78 is 5.84. The Morgan fingerprint density at radius 3 is 2.65 bits per heavy atom. The van der Waals surface area contributed by atoms with Crippen molar-refractivity contribution >= 4 is 11.9 Å². The molecule has 1 heterocycles. The van der Waals surface area contributed by atoms with Crippen LogP contribution in [0.1, 0.15) is 37.8 Å². The van der Waals surface area contributed by atoms with Crippen molar-refractivity contribution in [2.45, 2.75) is 46.6 Å². The lowest BCUT2D eigenvalue weighted by molar-refractivity contribution is -0.153. The fourth-order valence-corrected chi connectivity index (χ4v) is 2.94. The van der Waals surface area contributed by atoms with Gasteiger partial charge in [-0.25, -0.2) is 4.79 Å². The van der Waals surface area contributed by atoms with Crippen molar-refractivity contribution in [3.63, 3.8) is 0 Å². The van der Waals surface area contributed by atoms with Crippen LogP contribution in [0.25, 0.3) is 0 Å². The second kappa shape index (κ2) is 6.60. The fourth-order valence-electron chi connectivity index (χ4n) is 2.94. The Morgan fingerprint density at radius 1 is 1.35 bits per heavy atom. The van der Waals surface area contributed by atoms with Gasteiger partial charge in [-0.1, -0.05) is 17.7 Å². The topological polar surface area (TPSA) is 66.8 Å². The number of hydrogen-bond acceptors (Lipinski definition) is 3. The fraction of sp³-hybridized carbons (Fsp3) is 0.556. The molecule has 5 nitrogen and oxygen atoms in total. The van der Waals surface area contributed by atoms with Gasteiger partial charge in [0.1, 0.15) is 18.4 Å². The molecule has 2 rings (SSSR count). The average molecular weight is 319 g/mol. The van der Waals surface area contributed by atoms with E-state index in [4.69, 9.17) is 4.74 Å². The van der Waals surface area contributed by atoms with Gasteiger partial charge in [0.15, 0.2) is 0 Å². The zero-order valence-electron chi connectivity index (χ0n) is 14.3. The zero-order chi connectivity index (χ0) is 17.2. The largest absolute Gasteiger partial charge is 0.492 e. The van der Waals surface area contributed by atoms with Crippen molar-refractivity contribution in [3.8, 4) is 5.75 Å². The lowest BCUT2D eigenvalue weighted by Gasteiger charge is -2.31. The number of hydrogen-bond donors (Lipinski definition) is 1. The van der Waals surface area contributed by atoms with Crippen LogP contribution >= 0.6 is 0 Å². The highest BCUT2D eigenvalue weighted by atomic mass is 16.5. The Bertz CT molecular complexity index is 609. The third-order valence-corrected chi connectivity index (χ3v) is 4.30. The number of carbonyl (C=O) groups excluding carboxylic acids is 1. The molecule has 1 saturated heterocycles. The second-order valence-corrected chi connectivity index (χ2v) is 6.94. The van der Waals surface area contributed by atoms with Crippen LogP contribution in [0.15, 0.2) is 18.2 Å². The Morgan fingerprint density at radius 2 is 2.04 bits per heavy atom. The van der Waals surface area contributed by atoms with Crippen LogP contribution in [-0.4, -0.2) is 41.1 Å². The van der Waals surface area contributed by atoms with Crippen LogP contribution in [0.4, 0.5) is 0 Å². The lowest BCUT2D eigenvalue weighted by atomic mass is 9.92. The third kappa shape index (κ3) is 3.84. The predicted octanol–water partition coefficient (Wildman–Crippen LogP) is 2.78. The maximum Gasteiger partial charge on any atom is 0.326 e. The minimum absolute atomic E-state index is 0.160. The number of aryl methyl sites for hydroxylation is 2. The highest BCUT2D eigenvalue weighted by Gasteiger charge is 2.41. The number of carboxylic acid groups (broad SMARTS) is 1. The number of amides is 1. The normalized spacial score (nSPS) is 18.1. The Kier molecular flexibility index (Phi) is 4.97. The van der Waals surface area contributed by atoms with Crippen LogP contribution in [-0.2, 0) is 9.59 Å². The van der Waals surface area contributed by atoms with Gasteiger partial charge in [-0.2, -0.15) is 0 Å². The maximum atomic E-state index is 12.7. The Hall–Kier alpha value is -2.04. The molecule has 1 fully saturated rings. The minimum Gasteiger partial charge on any atom is -0.492 e. The molecule has 126 valence electrons. The minimum atomic E-state index is -0.929. The molecule has 0 radical (unpaired) electrons. The standard InChI is InChI=1S/C18H25NO4/c1-12-7-8-15(13(2)10-12)23-11-18(3,4)17(22)19-9-5-6-14(19)16(20)21/h7-8,10,14H,5-6,9,11H2,1-4H3,(H,20,21). The van der Waals surface area contributed by atoms with Crippen molar-refractivity contribution in [2.75, 3.05) is 13.2 Å². The first kappa shape index (κ1) is 17.3. The van der Waals surface area contributed by atoms with E-state index in [0.29, 0.717) is 13.0 Å². The van der Waals surface area contributed by atoms with Crippen LogP contribution in [0, 0.1) is 19.3 Å². The molecule has 1 aromatic carbocycles. The number of aliphatic carboxylic acids is 1. The maximum absolute atomic E-state index is 12.7. The van der Waals surface area contributed by atoms with E-state index in [1.165, 1.54) is 4.90 Å². The molecule has 1 aromatic rings. The number of benzene rings is 1. The van der Waals surface area contributed by atoms with E-state index >= 15 is 0 Å². The van der Waals surface area contributed by atoms with Gasteiger partial charge in [0.05, 0.1) is 5.41 Å². The predicted molar refractivity (Wildman–Crippen MR) is 87.6 cm³/mol. The van der Waals surface area contributed by atoms with Gasteiger partial charge in [-0.3, -0.25) is 4.79 Å². The molecule has 1 aliphatic heterocycles. The number of likely N-dealkylation sites (tertiary alicyclic amines) is 1. The number of ether oxygens (including phenoxy) is 1. The van der Waals surface area contributed by atoms with Gasteiger partial charge >= 0.3 is 5.97 Å². The van der Waals surface area contributed by atoms with Crippen molar-refractivity contribution < 1.29 is 19.4 Å². The highest BCUT2D eigenvalue weighted by Crippen LogP contribution is 2.28. The summed E-state index contributed by atoms with van der Waals surface area (Å²) in [6, 6.07) is 5.20. The first-order chi connectivity index (χ1) is 10.7. The summed E-state index contributed by atoms with van der Waals surface area (Å²) in [5.41, 5.74) is 1.42. The summed E-state index contributed by atoms with van der Waals surface area (Å²) in [5, 5.41) is 9.24. The second-order valence-electron chi connectivity index (χ2n) is 6.94. The molecule has 1 amide bonds. The van der Waals surface area contributed by atoms with Gasteiger partial charge in [0.25, 0.3) is 0 Å². The SMILES string of the molecule is Cc1ccc(OCC(C)(C)C(=O)N2CCCC2C(=O)O)c(C)c1. The van der Waals surface area contributed by atoms with Gasteiger partial charge in [-0.05, 0) is 52.2 Å². The van der Waals surface area contributed by atoms with Crippen molar-refractivity contribution in [1.82, 2.24) is 4.90 Å². The summed E-state index contributed by atoms with van der Waals surface area (Å²) >= 11 is 0. The van der Waals surface area contributed by atoms with E-state index in [-0.39, 0.29) is 12.5 Å². The van der Waals surface area contributed by atoms with E-state index in [0.717, 1.165) is 23.3 Å². The third-order valence-electron chi connectivity index (χ3n) is 4.30. The molecule has 1 unspecified atom stereocenters. The van der Waals surface area contributed by atoms with E-state index in [1.807, 2.05) is 32.0 Å². The molecule has 0 aromatic heterocycles. The van der Waals surface area contributed by atoms with E-state index in [2.05, 4.69) is 0 Å². The summed E-state index contributed by atoms with van der Waals surface area (Å²) in [5.74, 6) is -0.332. The molecule has 1 atom stereocenters. The number of carboxylic acids is 1. The molecule has 0 bridgehead atoms. The Labute approximate surface area is 137 Å². The van der Waals surface area contributed by atoms with Crippen LogP contribution in [0.3, 0.4) is 0 Å². The van der Waals surface area contributed by atoms with E-state index in [1.54, 1.807) is 13.8 Å². The van der Waals surface area contributed by atoms with Gasteiger partial charge in [0.2, 0.25) is 5.91 Å². The zero-order valence-corrected chi connectivity index (χ0v) is 14.3. The van der Waals surface area contributed by atoms with Crippen LogP contribution in [0.2, 0.25) is 0 Å². The first-order valence-corrected chi connectivity index (χ1v) is 7.96. The van der Waals surface area contributed by atoms with Gasteiger partial charge in [-0.15, -0.1) is 0 Å². The summed E-state index contributed by atoms with van der Waals surface area (Å²) in [6.45, 7) is 8.31. The number of carbonyl (C=O) groups is 2. The van der Waals surface area contributed by atoms with Gasteiger partial charge in [0, 0.05) is 6.54 Å². The molecular formula is C18H25NO4. The first-order valence-electron chi connectivity index (χ1n) is 7.96. The van der Waals surface area contributed by atoms with Crippen molar-refractivity contribution in [3.05, 3.63) is 29.3 Å². The smallest absolute Gasteiger partial charge is 0.326 e. The van der Waals surface area contributed by atoms with Crippen molar-refractivity contribution in [1.29, 1.82) is 0 Å². The molecule has 0 saturated carbocycles. The van der Waals surface area contributed by atoms with Gasteiger partial charge < -0.3 is 14.7 Å². The van der Waals surface area contributed by atoms with E-state index in [9.17, 15) is 14.7 Å². The molecule has 1 N–H and O–H groups in total. The Balaban J connectivity index is 2.05. The van der Waals surface area contributed by atoms with Crippen molar-refractivity contribution in [2.24, 2.45) is 5.41 Å². The molecular weight excluding hydrogens is 294 g/mol. The molecule has 0 spiro atoms. The number of nitrogens with zero attached hydrogens (tertiary/aromatic N) is 1. The van der Waals surface area contributed by atoms with Crippen LogP contribution < -0.4 is 4.74 Å². The molecule has 5 heteroatoms. The summed E-state index contributed by atoms with van der Waals surface area (Å²) in [6.07, 6.45) is 1.26. The average Bonchev–Trinajstić information content (AvgIpc) is 2.95. The van der Waals surface area contributed by atoms with Crippen LogP contribution in [0.5, 0.6) is 5.75 Å². The monoisotopic (exact) mass is 319 g/mol. The number of rotatable bonds is 5.